The van der Waals surface area contributed by atoms with Crippen LogP contribution in [0.1, 0.15) is 5.56 Å². The maximum Gasteiger partial charge on any atom is 0.238 e. The molecule has 1 amide bonds. The first-order valence-electron chi connectivity index (χ1n) is 9.10. The van der Waals surface area contributed by atoms with E-state index in [1.54, 1.807) is 30.3 Å². The summed E-state index contributed by atoms with van der Waals surface area (Å²) in [5, 5.41) is 6.15. The number of benzene rings is 2. The van der Waals surface area contributed by atoms with E-state index in [2.05, 4.69) is 10.6 Å². The van der Waals surface area contributed by atoms with Crippen LogP contribution in [0.2, 0.25) is 0 Å². The van der Waals surface area contributed by atoms with E-state index in [-0.39, 0.29) is 17.7 Å². The van der Waals surface area contributed by atoms with Gasteiger partial charge in [-0.1, -0.05) is 48.5 Å². The minimum absolute atomic E-state index is 0.0510. The van der Waals surface area contributed by atoms with E-state index in [4.69, 9.17) is 0 Å². The molecule has 3 rings (SSSR count). The van der Waals surface area contributed by atoms with Crippen molar-refractivity contribution in [2.75, 3.05) is 31.9 Å². The van der Waals surface area contributed by atoms with Crippen molar-refractivity contribution in [2.24, 2.45) is 0 Å². The second-order valence-electron chi connectivity index (χ2n) is 6.64. The molecule has 144 valence electrons. The van der Waals surface area contributed by atoms with E-state index in [0.717, 1.165) is 12.1 Å². The maximum atomic E-state index is 12.4. The van der Waals surface area contributed by atoms with Gasteiger partial charge in [-0.3, -0.25) is 9.69 Å². The van der Waals surface area contributed by atoms with E-state index in [1.807, 2.05) is 35.2 Å². The Morgan fingerprint density at radius 2 is 1.74 bits per heavy atom. The third kappa shape index (κ3) is 5.63. The molecule has 0 aliphatic carbocycles. The number of amides is 1. The SMILES string of the molecule is O=C(NCc1ccccc1)C1CN(CCS(=O)(=O)c2ccccc2)CCN1. The number of sulfone groups is 1. The molecule has 1 unspecified atom stereocenters. The van der Waals surface area contributed by atoms with Crippen LogP contribution in [0.5, 0.6) is 0 Å². The Balaban J connectivity index is 1.49. The number of nitrogens with one attached hydrogen (secondary N) is 2. The molecule has 1 atom stereocenters. The highest BCUT2D eigenvalue weighted by Gasteiger charge is 2.26. The number of hydrogen-bond donors (Lipinski definition) is 2. The highest BCUT2D eigenvalue weighted by atomic mass is 32.2. The summed E-state index contributed by atoms with van der Waals surface area (Å²) in [5.41, 5.74) is 1.05. The monoisotopic (exact) mass is 387 g/mol. The second-order valence-corrected chi connectivity index (χ2v) is 8.75. The first kappa shape index (κ1) is 19.5. The summed E-state index contributed by atoms with van der Waals surface area (Å²) in [6, 6.07) is 17.9. The van der Waals surface area contributed by atoms with Crippen molar-refractivity contribution < 1.29 is 13.2 Å². The van der Waals surface area contributed by atoms with E-state index in [0.29, 0.717) is 31.1 Å². The lowest BCUT2D eigenvalue weighted by atomic mass is 10.2. The fourth-order valence-electron chi connectivity index (χ4n) is 3.09. The Labute approximate surface area is 160 Å². The Hall–Kier alpha value is -2.22. The molecule has 2 aromatic carbocycles. The predicted molar refractivity (Wildman–Crippen MR) is 105 cm³/mol. The van der Waals surface area contributed by atoms with Crippen LogP contribution >= 0.6 is 0 Å². The zero-order chi connectivity index (χ0) is 19.1. The zero-order valence-corrected chi connectivity index (χ0v) is 16.0. The number of hydrogen-bond acceptors (Lipinski definition) is 5. The van der Waals surface area contributed by atoms with Crippen LogP contribution in [0.3, 0.4) is 0 Å². The Kier molecular flexibility index (Phi) is 6.60. The van der Waals surface area contributed by atoms with Crippen LogP contribution in [-0.2, 0) is 21.2 Å². The Bertz CT molecular complexity index is 841. The van der Waals surface area contributed by atoms with Crippen molar-refractivity contribution in [3.05, 3.63) is 66.2 Å². The highest BCUT2D eigenvalue weighted by Crippen LogP contribution is 2.11. The third-order valence-electron chi connectivity index (χ3n) is 4.66. The van der Waals surface area contributed by atoms with Crippen LogP contribution < -0.4 is 10.6 Å². The molecule has 1 fully saturated rings. The van der Waals surface area contributed by atoms with Crippen molar-refractivity contribution in [3.63, 3.8) is 0 Å². The third-order valence-corrected chi connectivity index (χ3v) is 6.37. The predicted octanol–water partition coefficient (Wildman–Crippen LogP) is 1.05. The summed E-state index contributed by atoms with van der Waals surface area (Å²) in [4.78, 5) is 14.8. The van der Waals surface area contributed by atoms with Gasteiger partial charge in [-0.15, -0.1) is 0 Å². The van der Waals surface area contributed by atoms with Crippen LogP contribution in [0, 0.1) is 0 Å². The minimum atomic E-state index is -3.31. The smallest absolute Gasteiger partial charge is 0.238 e. The molecule has 0 radical (unpaired) electrons. The summed E-state index contributed by atoms with van der Waals surface area (Å²) < 4.78 is 24.9. The van der Waals surface area contributed by atoms with Gasteiger partial charge in [0.15, 0.2) is 9.84 Å². The zero-order valence-electron chi connectivity index (χ0n) is 15.2. The molecule has 2 aromatic rings. The van der Waals surface area contributed by atoms with Gasteiger partial charge in [-0.25, -0.2) is 8.42 Å². The Morgan fingerprint density at radius 1 is 1.07 bits per heavy atom. The van der Waals surface area contributed by atoms with Gasteiger partial charge in [0, 0.05) is 32.7 Å². The van der Waals surface area contributed by atoms with Crippen molar-refractivity contribution in [1.82, 2.24) is 15.5 Å². The van der Waals surface area contributed by atoms with Gasteiger partial charge in [0.2, 0.25) is 5.91 Å². The van der Waals surface area contributed by atoms with Crippen molar-refractivity contribution in [3.8, 4) is 0 Å². The largest absolute Gasteiger partial charge is 0.351 e. The lowest BCUT2D eigenvalue weighted by Gasteiger charge is -2.32. The number of carbonyl (C=O) groups is 1. The fraction of sp³-hybridized carbons (Fsp3) is 0.350. The summed E-state index contributed by atoms with van der Waals surface area (Å²) in [6.07, 6.45) is 0. The molecular formula is C20H25N3O3S. The molecule has 1 saturated heterocycles. The molecule has 27 heavy (non-hydrogen) atoms. The van der Waals surface area contributed by atoms with Gasteiger partial charge in [0.05, 0.1) is 16.7 Å². The Morgan fingerprint density at radius 3 is 2.44 bits per heavy atom. The van der Waals surface area contributed by atoms with Gasteiger partial charge in [-0.2, -0.15) is 0 Å². The van der Waals surface area contributed by atoms with Gasteiger partial charge >= 0.3 is 0 Å². The van der Waals surface area contributed by atoms with E-state index in [9.17, 15) is 13.2 Å². The first-order valence-corrected chi connectivity index (χ1v) is 10.7. The molecule has 1 aliphatic heterocycles. The lowest BCUT2D eigenvalue weighted by molar-refractivity contribution is -0.124. The summed E-state index contributed by atoms with van der Waals surface area (Å²) in [7, 11) is -3.31. The number of carbonyl (C=O) groups excluding carboxylic acids is 1. The molecule has 1 heterocycles. The molecular weight excluding hydrogens is 362 g/mol. The number of piperazine rings is 1. The summed E-state index contributed by atoms with van der Waals surface area (Å²) >= 11 is 0. The van der Waals surface area contributed by atoms with Crippen LogP contribution in [0.4, 0.5) is 0 Å². The lowest BCUT2D eigenvalue weighted by Crippen LogP contribution is -2.57. The molecule has 2 N–H and O–H groups in total. The maximum absolute atomic E-state index is 12.4. The van der Waals surface area contributed by atoms with Crippen molar-refractivity contribution in [2.45, 2.75) is 17.5 Å². The van der Waals surface area contributed by atoms with Crippen molar-refractivity contribution in [1.29, 1.82) is 0 Å². The van der Waals surface area contributed by atoms with Gasteiger partial charge in [0.1, 0.15) is 0 Å². The highest BCUT2D eigenvalue weighted by molar-refractivity contribution is 7.91. The quantitative estimate of drug-likeness (QED) is 0.743. The second kappa shape index (κ2) is 9.12. The molecule has 0 bridgehead atoms. The molecule has 6 nitrogen and oxygen atoms in total. The van der Waals surface area contributed by atoms with Crippen LogP contribution in [0.15, 0.2) is 65.6 Å². The molecule has 7 heteroatoms. The molecule has 0 saturated carbocycles. The first-order chi connectivity index (χ1) is 13.0. The summed E-state index contributed by atoms with van der Waals surface area (Å²) in [5.74, 6) is -0.00972. The standard InChI is InChI=1S/C20H25N3O3S/c24-20(22-15-17-7-3-1-4-8-17)19-16-23(12-11-21-19)13-14-27(25,26)18-9-5-2-6-10-18/h1-10,19,21H,11-16H2,(H,22,24). The number of rotatable bonds is 7. The summed E-state index contributed by atoms with van der Waals surface area (Å²) in [6.45, 7) is 2.80. The molecule has 0 aromatic heterocycles. The van der Waals surface area contributed by atoms with E-state index < -0.39 is 9.84 Å². The average Bonchev–Trinajstić information content (AvgIpc) is 2.72. The topological polar surface area (TPSA) is 78.5 Å². The normalized spacial score (nSPS) is 18.1. The van der Waals surface area contributed by atoms with Crippen LogP contribution in [0.25, 0.3) is 0 Å². The van der Waals surface area contributed by atoms with Crippen molar-refractivity contribution >= 4 is 15.7 Å². The van der Waals surface area contributed by atoms with Gasteiger partial charge < -0.3 is 10.6 Å². The van der Waals surface area contributed by atoms with Gasteiger partial charge in [0.25, 0.3) is 0 Å². The molecule has 0 spiro atoms. The van der Waals surface area contributed by atoms with Crippen LogP contribution in [-0.4, -0.2) is 57.2 Å². The number of nitrogens with zero attached hydrogens (tertiary/aromatic N) is 1. The average molecular weight is 388 g/mol. The van der Waals surface area contributed by atoms with E-state index in [1.165, 1.54) is 0 Å². The fourth-order valence-corrected chi connectivity index (χ4v) is 4.40. The minimum Gasteiger partial charge on any atom is -0.351 e. The van der Waals surface area contributed by atoms with E-state index >= 15 is 0 Å². The molecule has 1 aliphatic rings. The van der Waals surface area contributed by atoms with Gasteiger partial charge in [-0.05, 0) is 17.7 Å².